The fourth-order valence-electron chi connectivity index (χ4n) is 1.72. The van der Waals surface area contributed by atoms with Crippen LogP contribution in [0.15, 0.2) is 43.0 Å². The van der Waals surface area contributed by atoms with E-state index in [1.165, 1.54) is 0 Å². The van der Waals surface area contributed by atoms with Crippen LogP contribution in [0.1, 0.15) is 32.4 Å². The van der Waals surface area contributed by atoms with Crippen LogP contribution in [0, 0.1) is 0 Å². The molecule has 1 aromatic rings. The van der Waals surface area contributed by atoms with Crippen molar-refractivity contribution < 1.29 is 24.4 Å². The van der Waals surface area contributed by atoms with Crippen molar-refractivity contribution in [3.63, 3.8) is 0 Å². The van der Waals surface area contributed by atoms with E-state index < -0.39 is 6.10 Å². The lowest BCUT2D eigenvalue weighted by molar-refractivity contribution is -0.0620. The third-order valence-electron chi connectivity index (χ3n) is 3.09. The highest BCUT2D eigenvalue weighted by Gasteiger charge is 2.07. The Morgan fingerprint density at radius 1 is 1.04 bits per heavy atom. The van der Waals surface area contributed by atoms with Gasteiger partial charge in [0, 0.05) is 7.11 Å². The molecule has 0 saturated heterocycles. The Morgan fingerprint density at radius 3 is 2.08 bits per heavy atom. The lowest BCUT2D eigenvalue weighted by atomic mass is 10.1. The molecule has 1 rings (SSSR count). The highest BCUT2D eigenvalue weighted by Crippen LogP contribution is 2.15. The molecular formula is C19H32O5. The van der Waals surface area contributed by atoms with Gasteiger partial charge in [-0.05, 0) is 26.3 Å². The molecule has 0 spiro atoms. The van der Waals surface area contributed by atoms with Gasteiger partial charge in [-0.3, -0.25) is 0 Å². The van der Waals surface area contributed by atoms with Crippen LogP contribution >= 0.6 is 0 Å². The zero-order valence-corrected chi connectivity index (χ0v) is 15.2. The Bertz CT molecular complexity index is 407. The number of ether oxygens (including phenoxy) is 3. The van der Waals surface area contributed by atoms with E-state index in [0.29, 0.717) is 13.2 Å². The predicted octanol–water partition coefficient (Wildman–Crippen LogP) is 2.73. The topological polar surface area (TPSA) is 68.2 Å². The molecule has 138 valence electrons. The standard InChI is InChI=1S/C10H12O.C9H20O4/c1-3-10(11-2)9-7-5-4-6-8-9;1-7(11)5-12-9(3)6-13-8(2)4-10/h3-8,10H,1H2,2H3;7-11H,4-6H2,1-3H3. The molecule has 0 fully saturated rings. The summed E-state index contributed by atoms with van der Waals surface area (Å²) in [7, 11) is 1.68. The van der Waals surface area contributed by atoms with Gasteiger partial charge in [-0.25, -0.2) is 0 Å². The van der Waals surface area contributed by atoms with Crippen LogP contribution in [-0.4, -0.2) is 55.5 Å². The van der Waals surface area contributed by atoms with Gasteiger partial charge in [0.25, 0.3) is 0 Å². The molecular weight excluding hydrogens is 308 g/mol. The van der Waals surface area contributed by atoms with E-state index in [1.54, 1.807) is 27.0 Å². The Morgan fingerprint density at radius 2 is 1.62 bits per heavy atom. The van der Waals surface area contributed by atoms with E-state index in [2.05, 4.69) is 6.58 Å². The maximum Gasteiger partial charge on any atom is 0.1000 e. The normalized spacial score (nSPS) is 15.6. The summed E-state index contributed by atoms with van der Waals surface area (Å²) in [4.78, 5) is 0. The van der Waals surface area contributed by atoms with Crippen LogP contribution in [0.25, 0.3) is 0 Å². The van der Waals surface area contributed by atoms with Gasteiger partial charge in [-0.15, -0.1) is 6.58 Å². The van der Waals surface area contributed by atoms with Gasteiger partial charge in [-0.1, -0.05) is 36.4 Å². The molecule has 24 heavy (non-hydrogen) atoms. The second-order valence-corrected chi connectivity index (χ2v) is 5.62. The van der Waals surface area contributed by atoms with E-state index in [4.69, 9.17) is 24.4 Å². The first-order chi connectivity index (χ1) is 11.4. The summed E-state index contributed by atoms with van der Waals surface area (Å²) in [5.74, 6) is 0. The molecule has 0 radical (unpaired) electrons. The first-order valence-corrected chi connectivity index (χ1v) is 8.16. The van der Waals surface area contributed by atoms with Crippen molar-refractivity contribution in [3.05, 3.63) is 48.6 Å². The minimum Gasteiger partial charge on any atom is -0.394 e. The smallest absolute Gasteiger partial charge is 0.1000 e. The third-order valence-corrected chi connectivity index (χ3v) is 3.09. The van der Waals surface area contributed by atoms with Gasteiger partial charge >= 0.3 is 0 Å². The minimum atomic E-state index is -0.447. The highest BCUT2D eigenvalue weighted by molar-refractivity contribution is 5.20. The van der Waals surface area contributed by atoms with Crippen LogP contribution in [0.2, 0.25) is 0 Å². The van der Waals surface area contributed by atoms with E-state index in [1.807, 2.05) is 37.3 Å². The first-order valence-electron chi connectivity index (χ1n) is 8.16. The minimum absolute atomic E-state index is 0.0170. The van der Waals surface area contributed by atoms with E-state index in [0.717, 1.165) is 5.56 Å². The van der Waals surface area contributed by atoms with Crippen LogP contribution in [0.5, 0.6) is 0 Å². The van der Waals surface area contributed by atoms with Gasteiger partial charge < -0.3 is 24.4 Å². The Kier molecular flexibility index (Phi) is 13.4. The molecule has 0 aliphatic carbocycles. The van der Waals surface area contributed by atoms with Crippen LogP contribution in [0.3, 0.4) is 0 Å². The summed E-state index contributed by atoms with van der Waals surface area (Å²) in [6.07, 6.45) is 1.16. The van der Waals surface area contributed by atoms with Crippen molar-refractivity contribution in [2.24, 2.45) is 0 Å². The summed E-state index contributed by atoms with van der Waals surface area (Å²) >= 11 is 0. The maximum absolute atomic E-state index is 8.92. The molecule has 5 nitrogen and oxygen atoms in total. The van der Waals surface area contributed by atoms with Gasteiger partial charge in [0.05, 0.1) is 44.2 Å². The van der Waals surface area contributed by atoms with Crippen molar-refractivity contribution >= 4 is 0 Å². The number of benzene rings is 1. The number of hydrogen-bond acceptors (Lipinski definition) is 5. The number of hydrogen-bond donors (Lipinski definition) is 2. The number of aliphatic hydroxyl groups excluding tert-OH is 2. The van der Waals surface area contributed by atoms with Crippen molar-refractivity contribution in [2.45, 2.75) is 45.2 Å². The molecule has 0 amide bonds. The number of aliphatic hydroxyl groups is 2. The largest absolute Gasteiger partial charge is 0.394 e. The average molecular weight is 340 g/mol. The maximum atomic E-state index is 8.92. The molecule has 0 aliphatic heterocycles. The van der Waals surface area contributed by atoms with Crippen molar-refractivity contribution in [1.29, 1.82) is 0 Å². The average Bonchev–Trinajstić information content (AvgIpc) is 2.60. The van der Waals surface area contributed by atoms with Crippen molar-refractivity contribution in [3.8, 4) is 0 Å². The molecule has 2 N–H and O–H groups in total. The van der Waals surface area contributed by atoms with Crippen LogP contribution in [0.4, 0.5) is 0 Å². The van der Waals surface area contributed by atoms with Crippen molar-refractivity contribution in [1.82, 2.24) is 0 Å². The second kappa shape index (κ2) is 14.1. The molecule has 0 heterocycles. The summed E-state index contributed by atoms with van der Waals surface area (Å²) in [6.45, 7) is 9.79. The summed E-state index contributed by atoms with van der Waals surface area (Å²) in [5, 5.41) is 17.6. The number of rotatable bonds is 10. The Balaban J connectivity index is 0.000000446. The highest BCUT2D eigenvalue weighted by atomic mass is 16.5. The fraction of sp³-hybridized carbons (Fsp3) is 0.579. The lowest BCUT2D eigenvalue weighted by Crippen LogP contribution is -2.24. The molecule has 0 bridgehead atoms. The molecule has 4 atom stereocenters. The molecule has 0 saturated carbocycles. The second-order valence-electron chi connectivity index (χ2n) is 5.62. The summed E-state index contributed by atoms with van der Waals surface area (Å²) < 4.78 is 15.6. The van der Waals surface area contributed by atoms with Gasteiger partial charge in [0.2, 0.25) is 0 Å². The zero-order valence-electron chi connectivity index (χ0n) is 15.2. The molecule has 5 heteroatoms. The molecule has 4 unspecified atom stereocenters. The van der Waals surface area contributed by atoms with Crippen molar-refractivity contribution in [2.75, 3.05) is 26.9 Å². The zero-order chi connectivity index (χ0) is 18.4. The van der Waals surface area contributed by atoms with Crippen LogP contribution in [-0.2, 0) is 14.2 Å². The first kappa shape index (κ1) is 22.8. The Labute approximate surface area is 145 Å². The van der Waals surface area contributed by atoms with Gasteiger partial charge in [-0.2, -0.15) is 0 Å². The van der Waals surface area contributed by atoms with E-state index >= 15 is 0 Å². The fourth-order valence-corrected chi connectivity index (χ4v) is 1.72. The monoisotopic (exact) mass is 340 g/mol. The van der Waals surface area contributed by atoms with E-state index in [9.17, 15) is 0 Å². The predicted molar refractivity (Wildman–Crippen MR) is 96.0 cm³/mol. The molecule has 1 aromatic carbocycles. The quantitative estimate of drug-likeness (QED) is 0.641. The van der Waals surface area contributed by atoms with Gasteiger partial charge in [0.1, 0.15) is 0 Å². The van der Waals surface area contributed by atoms with Crippen LogP contribution < -0.4 is 0 Å². The summed E-state index contributed by atoms with van der Waals surface area (Å²) in [5.41, 5.74) is 1.14. The lowest BCUT2D eigenvalue weighted by Gasteiger charge is -2.16. The Hall–Kier alpha value is -1.24. The number of methoxy groups -OCH3 is 1. The molecule has 0 aliphatic rings. The third kappa shape index (κ3) is 11.3. The van der Waals surface area contributed by atoms with E-state index in [-0.39, 0.29) is 24.9 Å². The SMILES string of the molecule is C=CC(OC)c1ccccc1.CC(O)COC(C)COC(C)CO. The van der Waals surface area contributed by atoms with Gasteiger partial charge in [0.15, 0.2) is 0 Å². The molecule has 0 aromatic heterocycles. The summed E-state index contributed by atoms with van der Waals surface area (Å²) in [6, 6.07) is 10.0.